The van der Waals surface area contributed by atoms with Gasteiger partial charge < -0.3 is 30.9 Å². The van der Waals surface area contributed by atoms with E-state index >= 15 is 0 Å². The number of H-pyrrole nitrogens is 1. The Morgan fingerprint density at radius 2 is 1.95 bits per heavy atom. The first-order valence-corrected chi connectivity index (χ1v) is 12.4. The van der Waals surface area contributed by atoms with E-state index in [0.29, 0.717) is 41.3 Å². The Bertz CT molecular complexity index is 1470. The summed E-state index contributed by atoms with van der Waals surface area (Å²) in [4.78, 5) is 64.1. The third-order valence-corrected chi connectivity index (χ3v) is 6.78. The number of amides is 4. The van der Waals surface area contributed by atoms with Crippen molar-refractivity contribution in [2.45, 2.75) is 44.1 Å². The van der Waals surface area contributed by atoms with Crippen molar-refractivity contribution in [3.63, 3.8) is 0 Å². The molecule has 3 heterocycles. The number of anilines is 1. The van der Waals surface area contributed by atoms with Gasteiger partial charge in [-0.2, -0.15) is 0 Å². The Labute approximate surface area is 223 Å². The van der Waals surface area contributed by atoms with Crippen molar-refractivity contribution in [3.8, 4) is 0 Å². The molecule has 0 saturated carbocycles. The molecule has 5 rings (SSSR count). The van der Waals surface area contributed by atoms with E-state index in [1.165, 1.54) is 4.90 Å². The fraction of sp³-hybridized carbons (Fsp3) is 0.308. The number of nitrogens with zero attached hydrogens (tertiary/aromatic N) is 4. The van der Waals surface area contributed by atoms with Crippen molar-refractivity contribution in [3.05, 3.63) is 59.9 Å². The van der Waals surface area contributed by atoms with Crippen LogP contribution in [-0.4, -0.2) is 79.8 Å². The van der Waals surface area contributed by atoms with E-state index < -0.39 is 36.2 Å². The molecule has 1 fully saturated rings. The summed E-state index contributed by atoms with van der Waals surface area (Å²) in [6.45, 7) is 0.429. The minimum atomic E-state index is -1.15. The predicted octanol–water partition coefficient (Wildman–Crippen LogP) is 1.03. The van der Waals surface area contributed by atoms with Crippen LogP contribution in [0.4, 0.5) is 10.5 Å². The standard InChI is InChI=1S/C26H28N8O5/c1-33-23-22(24(36)32-26(33)39)34(13-14-5-3-2-4-6-14)20(31-23)12-19-29-17-9-7-15(11-18(17)30-19)28-21(35)10-8-16(27)25(37)38/h2-7,9,11,16,22-23H,8,10,12-13,27H2,1H3,(H,28,35)(H,29,30)(H,37,38)(H,32,36,39)/t16-,22?,23?/m0/s1. The van der Waals surface area contributed by atoms with Crippen LogP contribution in [0.1, 0.15) is 24.2 Å². The van der Waals surface area contributed by atoms with Gasteiger partial charge in [-0.05, 0) is 30.2 Å². The lowest BCUT2D eigenvalue weighted by atomic mass is 10.1. The fourth-order valence-corrected chi connectivity index (χ4v) is 4.71. The van der Waals surface area contributed by atoms with Gasteiger partial charge in [-0.15, -0.1) is 0 Å². The number of rotatable bonds is 9. The number of amidine groups is 1. The summed E-state index contributed by atoms with van der Waals surface area (Å²) in [5.74, 6) is -0.672. The van der Waals surface area contributed by atoms with Crippen molar-refractivity contribution in [1.82, 2.24) is 25.1 Å². The van der Waals surface area contributed by atoms with Gasteiger partial charge in [0, 0.05) is 25.7 Å². The second-order valence-corrected chi connectivity index (χ2v) is 9.55. The lowest BCUT2D eigenvalue weighted by Crippen LogP contribution is -2.63. The Hall–Kier alpha value is -4.78. The van der Waals surface area contributed by atoms with Crippen molar-refractivity contribution in [2.24, 2.45) is 10.7 Å². The summed E-state index contributed by atoms with van der Waals surface area (Å²) >= 11 is 0. The zero-order chi connectivity index (χ0) is 27.7. The first-order chi connectivity index (χ1) is 18.7. The predicted molar refractivity (Wildman–Crippen MR) is 142 cm³/mol. The van der Waals surface area contributed by atoms with Crippen molar-refractivity contribution < 1.29 is 24.3 Å². The highest BCUT2D eigenvalue weighted by molar-refractivity contribution is 6.04. The van der Waals surface area contributed by atoms with Gasteiger partial charge in [0.1, 0.15) is 17.7 Å². The number of likely N-dealkylation sites (N-methyl/N-ethyl adjacent to an activating group) is 1. The zero-order valence-electron chi connectivity index (χ0n) is 21.1. The Morgan fingerprint density at radius 1 is 1.18 bits per heavy atom. The lowest BCUT2D eigenvalue weighted by Gasteiger charge is -2.36. The van der Waals surface area contributed by atoms with Gasteiger partial charge in [0.15, 0.2) is 12.2 Å². The third kappa shape index (κ3) is 5.43. The summed E-state index contributed by atoms with van der Waals surface area (Å²) in [5.41, 5.74) is 8.34. The molecule has 4 amide bonds. The normalized spacial score (nSPS) is 19.5. The quantitative estimate of drug-likeness (QED) is 0.270. The summed E-state index contributed by atoms with van der Waals surface area (Å²) in [5, 5.41) is 14.0. The largest absolute Gasteiger partial charge is 0.480 e. The van der Waals surface area contributed by atoms with Crippen molar-refractivity contribution in [1.29, 1.82) is 0 Å². The summed E-state index contributed by atoms with van der Waals surface area (Å²) < 4.78 is 0. The number of carboxylic acids is 1. The number of aromatic nitrogens is 2. The van der Waals surface area contributed by atoms with Gasteiger partial charge in [0.05, 0.1) is 17.5 Å². The Morgan fingerprint density at radius 3 is 2.69 bits per heavy atom. The maximum Gasteiger partial charge on any atom is 0.325 e. The number of fused-ring (bicyclic) bond motifs is 2. The second kappa shape index (κ2) is 10.5. The van der Waals surface area contributed by atoms with E-state index in [4.69, 9.17) is 15.8 Å². The number of benzene rings is 2. The Kier molecular flexibility index (Phi) is 6.98. The molecule has 6 N–H and O–H groups in total. The molecular formula is C26H28N8O5. The minimum Gasteiger partial charge on any atom is -0.480 e. The van der Waals surface area contributed by atoms with E-state index in [0.717, 1.165) is 5.56 Å². The van der Waals surface area contributed by atoms with Crippen molar-refractivity contribution in [2.75, 3.05) is 12.4 Å². The number of hydrogen-bond donors (Lipinski definition) is 5. The topological polar surface area (TPSA) is 186 Å². The van der Waals surface area contributed by atoms with Gasteiger partial charge in [0.25, 0.3) is 5.91 Å². The average molecular weight is 533 g/mol. The minimum absolute atomic E-state index is 0.0241. The van der Waals surface area contributed by atoms with Gasteiger partial charge in [-0.3, -0.25) is 19.7 Å². The van der Waals surface area contributed by atoms with Crippen LogP contribution in [0.3, 0.4) is 0 Å². The molecule has 13 nitrogen and oxygen atoms in total. The molecule has 13 heteroatoms. The summed E-state index contributed by atoms with van der Waals surface area (Å²) in [6.07, 6.45) is -0.354. The molecule has 0 spiro atoms. The van der Waals surface area contributed by atoms with Crippen LogP contribution in [0, 0.1) is 0 Å². The number of imidazole rings is 1. The van der Waals surface area contributed by atoms with Crippen molar-refractivity contribution >= 4 is 46.4 Å². The van der Waals surface area contributed by atoms with Crippen LogP contribution in [0.15, 0.2) is 53.5 Å². The van der Waals surface area contributed by atoms with E-state index in [2.05, 4.69) is 20.6 Å². The number of nitrogens with two attached hydrogens (primary N) is 1. The highest BCUT2D eigenvalue weighted by Gasteiger charge is 2.48. The number of aliphatic imine (C=N–C) groups is 1. The van der Waals surface area contributed by atoms with Crippen LogP contribution in [0.25, 0.3) is 11.0 Å². The molecular weight excluding hydrogens is 504 g/mol. The molecule has 39 heavy (non-hydrogen) atoms. The molecule has 202 valence electrons. The first kappa shape index (κ1) is 25.9. The molecule has 3 atom stereocenters. The summed E-state index contributed by atoms with van der Waals surface area (Å²) in [7, 11) is 1.61. The Balaban J connectivity index is 1.35. The molecule has 2 aromatic carbocycles. The maximum atomic E-state index is 12.8. The number of carboxylic acid groups (broad SMARTS) is 1. The third-order valence-electron chi connectivity index (χ3n) is 6.78. The van der Waals surface area contributed by atoms with Crippen LogP contribution < -0.4 is 16.4 Å². The summed E-state index contributed by atoms with van der Waals surface area (Å²) in [6, 6.07) is 12.6. The lowest BCUT2D eigenvalue weighted by molar-refractivity contribution is -0.138. The maximum absolute atomic E-state index is 12.8. The first-order valence-electron chi connectivity index (χ1n) is 12.4. The van der Waals surface area contributed by atoms with Gasteiger partial charge in [-0.25, -0.2) is 14.8 Å². The number of aliphatic carboxylic acids is 1. The number of imide groups is 1. The number of carbonyl (C=O) groups is 4. The molecule has 0 aliphatic carbocycles. The fourth-order valence-electron chi connectivity index (χ4n) is 4.71. The number of aromatic amines is 1. The smallest absolute Gasteiger partial charge is 0.325 e. The number of urea groups is 1. The number of nitrogens with one attached hydrogen (secondary N) is 3. The molecule has 0 bridgehead atoms. The highest BCUT2D eigenvalue weighted by Crippen LogP contribution is 2.27. The van der Waals surface area contributed by atoms with Crippen LogP contribution in [0.2, 0.25) is 0 Å². The molecule has 1 saturated heterocycles. The van der Waals surface area contributed by atoms with Gasteiger partial charge in [0.2, 0.25) is 5.91 Å². The number of carbonyl (C=O) groups excluding carboxylic acids is 3. The highest BCUT2D eigenvalue weighted by atomic mass is 16.4. The molecule has 3 aromatic rings. The van der Waals surface area contributed by atoms with Crippen LogP contribution in [0.5, 0.6) is 0 Å². The van der Waals surface area contributed by atoms with E-state index in [1.807, 2.05) is 35.2 Å². The van der Waals surface area contributed by atoms with E-state index in [1.54, 1.807) is 25.2 Å². The van der Waals surface area contributed by atoms with Crippen LogP contribution in [-0.2, 0) is 27.3 Å². The van der Waals surface area contributed by atoms with E-state index in [-0.39, 0.29) is 18.7 Å². The second-order valence-electron chi connectivity index (χ2n) is 9.55. The van der Waals surface area contributed by atoms with Gasteiger partial charge in [-0.1, -0.05) is 30.3 Å². The van der Waals surface area contributed by atoms with E-state index in [9.17, 15) is 19.2 Å². The van der Waals surface area contributed by atoms with Crippen LogP contribution >= 0.6 is 0 Å². The average Bonchev–Trinajstić information content (AvgIpc) is 3.47. The number of hydrogen-bond acceptors (Lipinski definition) is 8. The molecule has 2 aliphatic rings. The monoisotopic (exact) mass is 532 g/mol. The SMILES string of the molecule is CN1C(=O)NC(=O)C2C1N=C(Cc1nc3ccc(NC(=O)CC[C@H](N)C(=O)O)cc3[nH]1)N2Cc1ccccc1. The molecule has 2 aliphatic heterocycles. The van der Waals surface area contributed by atoms with Gasteiger partial charge >= 0.3 is 12.0 Å². The molecule has 1 aromatic heterocycles. The molecule has 0 radical (unpaired) electrons. The zero-order valence-corrected chi connectivity index (χ0v) is 21.1. The molecule has 2 unspecified atom stereocenters.